The molecule has 0 bridgehead atoms. The summed E-state index contributed by atoms with van der Waals surface area (Å²) in [6.07, 6.45) is 1.54. The van der Waals surface area contributed by atoms with E-state index in [9.17, 15) is 4.39 Å². The molecular weight excluding hydrogens is 169 g/mol. The Labute approximate surface area is 73.8 Å². The summed E-state index contributed by atoms with van der Waals surface area (Å²) in [5, 5.41) is 8.49. The van der Waals surface area contributed by atoms with E-state index in [2.05, 4.69) is 9.97 Å². The van der Waals surface area contributed by atoms with Crippen LogP contribution in [0.1, 0.15) is 5.56 Å². The van der Waals surface area contributed by atoms with Crippen molar-refractivity contribution in [1.82, 2.24) is 9.97 Å². The van der Waals surface area contributed by atoms with E-state index in [4.69, 9.17) is 5.26 Å². The van der Waals surface area contributed by atoms with Gasteiger partial charge in [0.05, 0.1) is 29.9 Å². The Kier molecular flexibility index (Phi) is 1.71. The number of aromatic nitrogens is 2. The van der Waals surface area contributed by atoms with Gasteiger partial charge in [0.1, 0.15) is 5.82 Å². The maximum atomic E-state index is 13.2. The van der Waals surface area contributed by atoms with Gasteiger partial charge in [-0.05, 0) is 12.1 Å². The van der Waals surface area contributed by atoms with Gasteiger partial charge < -0.3 is 4.98 Å². The van der Waals surface area contributed by atoms with Gasteiger partial charge in [-0.15, -0.1) is 0 Å². The van der Waals surface area contributed by atoms with Crippen molar-refractivity contribution in [1.29, 1.82) is 5.26 Å². The Balaban J connectivity index is 2.74. The first-order valence-corrected chi connectivity index (χ1v) is 3.80. The van der Waals surface area contributed by atoms with Gasteiger partial charge in [0.15, 0.2) is 0 Å². The zero-order valence-corrected chi connectivity index (χ0v) is 6.71. The van der Waals surface area contributed by atoms with Gasteiger partial charge in [-0.1, -0.05) is 0 Å². The van der Waals surface area contributed by atoms with Crippen molar-refractivity contribution < 1.29 is 4.39 Å². The van der Waals surface area contributed by atoms with Gasteiger partial charge >= 0.3 is 0 Å². The number of fused-ring (bicyclic) bond motifs is 1. The lowest BCUT2D eigenvalue weighted by atomic mass is 10.1. The van der Waals surface area contributed by atoms with Gasteiger partial charge in [0.2, 0.25) is 0 Å². The van der Waals surface area contributed by atoms with E-state index in [1.54, 1.807) is 6.07 Å². The second-order valence-electron chi connectivity index (χ2n) is 2.66. The molecule has 0 atom stereocenters. The molecule has 2 aromatic rings. The lowest BCUT2D eigenvalue weighted by Gasteiger charge is -1.97. The van der Waals surface area contributed by atoms with Gasteiger partial charge in [0, 0.05) is 5.56 Å². The Morgan fingerprint density at radius 2 is 2.38 bits per heavy atom. The first-order valence-electron chi connectivity index (χ1n) is 3.80. The van der Waals surface area contributed by atoms with E-state index in [1.165, 1.54) is 12.4 Å². The lowest BCUT2D eigenvalue weighted by Crippen LogP contribution is -1.90. The normalized spacial score (nSPS) is 10.2. The number of nitriles is 1. The topological polar surface area (TPSA) is 52.5 Å². The molecule has 0 aliphatic rings. The maximum Gasteiger partial charge on any atom is 0.129 e. The number of nitrogens with zero attached hydrogens (tertiary/aromatic N) is 2. The van der Waals surface area contributed by atoms with Crippen LogP contribution in [0.5, 0.6) is 0 Å². The summed E-state index contributed by atoms with van der Waals surface area (Å²) < 4.78 is 13.2. The van der Waals surface area contributed by atoms with Crippen molar-refractivity contribution in [3.05, 3.63) is 29.8 Å². The maximum absolute atomic E-state index is 13.2. The Morgan fingerprint density at radius 3 is 3.15 bits per heavy atom. The van der Waals surface area contributed by atoms with Gasteiger partial charge in [-0.2, -0.15) is 5.26 Å². The Morgan fingerprint density at radius 1 is 1.54 bits per heavy atom. The van der Waals surface area contributed by atoms with Crippen LogP contribution in [-0.2, 0) is 6.42 Å². The molecule has 0 amide bonds. The van der Waals surface area contributed by atoms with E-state index < -0.39 is 0 Å². The van der Waals surface area contributed by atoms with Crippen LogP contribution in [0.15, 0.2) is 18.5 Å². The van der Waals surface area contributed by atoms with Crippen LogP contribution in [0, 0.1) is 17.1 Å². The first kappa shape index (κ1) is 7.74. The van der Waals surface area contributed by atoms with Crippen LogP contribution >= 0.6 is 0 Å². The van der Waals surface area contributed by atoms with Crippen LogP contribution in [0.25, 0.3) is 11.0 Å². The van der Waals surface area contributed by atoms with Crippen molar-refractivity contribution in [3.63, 3.8) is 0 Å². The third-order valence-corrected chi connectivity index (χ3v) is 1.90. The average Bonchev–Trinajstić information content (AvgIpc) is 2.58. The summed E-state index contributed by atoms with van der Waals surface area (Å²) in [6.45, 7) is 0. The molecule has 0 spiro atoms. The summed E-state index contributed by atoms with van der Waals surface area (Å²) in [5.41, 5.74) is 1.66. The van der Waals surface area contributed by atoms with Gasteiger partial charge in [0.25, 0.3) is 0 Å². The predicted octanol–water partition coefficient (Wildman–Crippen LogP) is 1.77. The number of halogens is 1. The van der Waals surface area contributed by atoms with E-state index in [-0.39, 0.29) is 12.2 Å². The SMILES string of the molecule is N#CCc1c(F)ccc2[nH]cnc12. The smallest absolute Gasteiger partial charge is 0.129 e. The number of aromatic amines is 1. The summed E-state index contributed by atoms with van der Waals surface area (Å²) in [4.78, 5) is 6.81. The molecule has 1 aromatic heterocycles. The Bertz CT molecular complexity index is 481. The fourth-order valence-electron chi connectivity index (χ4n) is 1.29. The molecule has 0 aliphatic heterocycles. The number of benzene rings is 1. The van der Waals surface area contributed by atoms with Crippen molar-refractivity contribution >= 4 is 11.0 Å². The fraction of sp³-hybridized carbons (Fsp3) is 0.111. The highest BCUT2D eigenvalue weighted by Crippen LogP contribution is 2.18. The average molecular weight is 175 g/mol. The molecule has 13 heavy (non-hydrogen) atoms. The van der Waals surface area contributed by atoms with Crippen LogP contribution in [0.4, 0.5) is 4.39 Å². The number of hydrogen-bond acceptors (Lipinski definition) is 2. The molecule has 3 nitrogen and oxygen atoms in total. The second-order valence-corrected chi connectivity index (χ2v) is 2.66. The zero-order valence-electron chi connectivity index (χ0n) is 6.71. The number of imidazole rings is 1. The molecular formula is C9H6FN3. The first-order chi connectivity index (χ1) is 6.33. The minimum atomic E-state index is -0.374. The molecule has 0 saturated heterocycles. The third-order valence-electron chi connectivity index (χ3n) is 1.90. The number of H-pyrrole nitrogens is 1. The molecule has 64 valence electrons. The third kappa shape index (κ3) is 1.14. The predicted molar refractivity (Wildman–Crippen MR) is 45.4 cm³/mol. The van der Waals surface area contributed by atoms with Crippen molar-refractivity contribution in [2.24, 2.45) is 0 Å². The summed E-state index contributed by atoms with van der Waals surface area (Å²) in [6, 6.07) is 4.86. The highest BCUT2D eigenvalue weighted by atomic mass is 19.1. The number of hydrogen-bond donors (Lipinski definition) is 1. The monoisotopic (exact) mass is 175 g/mol. The zero-order chi connectivity index (χ0) is 9.26. The second kappa shape index (κ2) is 2.87. The van der Waals surface area contributed by atoms with E-state index in [1.807, 2.05) is 6.07 Å². The number of rotatable bonds is 1. The molecule has 0 radical (unpaired) electrons. The minimum absolute atomic E-state index is 0.0496. The van der Waals surface area contributed by atoms with Gasteiger partial charge in [-0.3, -0.25) is 0 Å². The molecule has 4 heteroatoms. The van der Waals surface area contributed by atoms with Crippen molar-refractivity contribution in [3.8, 4) is 6.07 Å². The van der Waals surface area contributed by atoms with E-state index in [0.29, 0.717) is 11.1 Å². The van der Waals surface area contributed by atoms with Crippen LogP contribution in [0.3, 0.4) is 0 Å². The highest BCUT2D eigenvalue weighted by molar-refractivity contribution is 5.78. The standard InChI is InChI=1S/C9H6FN3/c10-7-1-2-8-9(13-5-12-8)6(7)3-4-11/h1-2,5H,3H2,(H,12,13). The minimum Gasteiger partial charge on any atom is -0.345 e. The lowest BCUT2D eigenvalue weighted by molar-refractivity contribution is 0.617. The molecule has 0 unspecified atom stereocenters. The summed E-state index contributed by atoms with van der Waals surface area (Å²) in [7, 11) is 0. The molecule has 0 aliphatic carbocycles. The van der Waals surface area contributed by atoms with E-state index >= 15 is 0 Å². The Hall–Kier alpha value is -1.89. The van der Waals surface area contributed by atoms with Crippen molar-refractivity contribution in [2.45, 2.75) is 6.42 Å². The largest absolute Gasteiger partial charge is 0.345 e. The molecule has 2 rings (SSSR count). The quantitative estimate of drug-likeness (QED) is 0.718. The molecule has 1 aromatic carbocycles. The van der Waals surface area contributed by atoms with Crippen LogP contribution < -0.4 is 0 Å². The molecule has 1 heterocycles. The van der Waals surface area contributed by atoms with Gasteiger partial charge in [-0.25, -0.2) is 9.37 Å². The number of nitrogens with one attached hydrogen (secondary N) is 1. The molecule has 0 fully saturated rings. The molecule has 0 saturated carbocycles. The molecule has 1 N–H and O–H groups in total. The van der Waals surface area contributed by atoms with Crippen LogP contribution in [0.2, 0.25) is 0 Å². The summed E-state index contributed by atoms with van der Waals surface area (Å²) >= 11 is 0. The van der Waals surface area contributed by atoms with E-state index in [0.717, 1.165) is 5.52 Å². The highest BCUT2D eigenvalue weighted by Gasteiger charge is 2.08. The fourth-order valence-corrected chi connectivity index (χ4v) is 1.29. The summed E-state index contributed by atoms with van der Waals surface area (Å²) in [5.74, 6) is -0.374. The van der Waals surface area contributed by atoms with Crippen LogP contribution in [-0.4, -0.2) is 9.97 Å². The van der Waals surface area contributed by atoms with Crippen molar-refractivity contribution in [2.75, 3.05) is 0 Å².